The van der Waals surface area contributed by atoms with Crippen molar-refractivity contribution in [2.45, 2.75) is 19.7 Å². The van der Waals surface area contributed by atoms with Crippen LogP contribution in [0.2, 0.25) is 0 Å². The fraction of sp³-hybridized carbons (Fsp3) is 0.556. The second kappa shape index (κ2) is 6.58. The Hall–Kier alpha value is -0.880. The predicted molar refractivity (Wildman–Crippen MR) is 50.2 cm³/mol. The summed E-state index contributed by atoms with van der Waals surface area (Å²) in [5.41, 5.74) is 0. The lowest BCUT2D eigenvalue weighted by Gasteiger charge is -2.10. The summed E-state index contributed by atoms with van der Waals surface area (Å²) in [7, 11) is 3.47. The van der Waals surface area contributed by atoms with Gasteiger partial charge in [-0.2, -0.15) is 0 Å². The number of carbonyl (C=O) groups is 1. The first-order chi connectivity index (χ1) is 6.61. The number of nitrogens with one attached hydrogen (secondary N) is 1. The average molecular weight is 278 g/mol. The molecule has 6 heteroatoms. The summed E-state index contributed by atoms with van der Waals surface area (Å²) in [6.07, 6.45) is 5.33. The average Bonchev–Trinajstić information content (AvgIpc) is 2.50. The maximum absolute atomic E-state index is 11.4. The van der Waals surface area contributed by atoms with Crippen molar-refractivity contribution in [1.82, 2.24) is 9.88 Å². The quantitative estimate of drug-likeness (QED) is 0.457. The number of methoxy groups -OCH3 is 1. The van der Waals surface area contributed by atoms with E-state index in [2.05, 4.69) is 5.32 Å². The third-order valence-electron chi connectivity index (χ3n) is 1.87. The number of rotatable bonds is 4. The van der Waals surface area contributed by atoms with E-state index in [0.717, 1.165) is 0 Å². The van der Waals surface area contributed by atoms with Crippen molar-refractivity contribution >= 4 is 5.91 Å². The Balaban J connectivity index is 0.00000196. The van der Waals surface area contributed by atoms with Crippen LogP contribution in [-0.4, -0.2) is 23.8 Å². The lowest BCUT2D eigenvalue weighted by Crippen LogP contribution is -3.00. The molecular formula is C9H16BrN3O2. The molecule has 0 spiro atoms. The van der Waals surface area contributed by atoms with Crippen LogP contribution in [0.1, 0.15) is 6.92 Å². The van der Waals surface area contributed by atoms with Crippen LogP contribution < -0.4 is 26.9 Å². The Bertz CT molecular complexity index is 314. The minimum Gasteiger partial charge on any atom is -1.00 e. The molecule has 0 fully saturated rings. The van der Waals surface area contributed by atoms with Crippen molar-refractivity contribution in [3.63, 3.8) is 0 Å². The van der Waals surface area contributed by atoms with E-state index in [1.165, 1.54) is 0 Å². The molecule has 0 radical (unpaired) electrons. The third-order valence-corrected chi connectivity index (χ3v) is 1.87. The van der Waals surface area contributed by atoms with Gasteiger partial charge in [-0.1, -0.05) is 0 Å². The van der Waals surface area contributed by atoms with Crippen molar-refractivity contribution < 1.29 is 31.1 Å². The van der Waals surface area contributed by atoms with Crippen LogP contribution in [0.15, 0.2) is 18.7 Å². The van der Waals surface area contributed by atoms with E-state index in [9.17, 15) is 4.79 Å². The fourth-order valence-corrected chi connectivity index (χ4v) is 1.09. The molecule has 1 rings (SSSR count). The molecule has 1 amide bonds. The topological polar surface area (TPSA) is 47.1 Å². The molecule has 0 aromatic carbocycles. The normalized spacial score (nSPS) is 11.7. The van der Waals surface area contributed by atoms with E-state index in [0.29, 0.717) is 6.54 Å². The largest absolute Gasteiger partial charge is 1.00 e. The van der Waals surface area contributed by atoms with Gasteiger partial charge in [-0.15, -0.1) is 0 Å². The standard InChI is InChI=1S/C9H15N3O2.BrH/c1-8(14-3)10-9(13)6-12-5-4-11(2)7-12;/h4-5,7-8H,6H2,1-3H3;1H. The van der Waals surface area contributed by atoms with E-state index in [1.54, 1.807) is 18.6 Å². The summed E-state index contributed by atoms with van der Waals surface area (Å²) in [4.78, 5) is 11.4. The van der Waals surface area contributed by atoms with Gasteiger partial charge in [0.1, 0.15) is 18.6 Å². The molecule has 1 aromatic rings. The van der Waals surface area contributed by atoms with Crippen molar-refractivity contribution in [2.75, 3.05) is 7.11 Å². The number of hydrogen-bond acceptors (Lipinski definition) is 2. The lowest BCUT2D eigenvalue weighted by atomic mass is 10.5. The second-order valence-electron chi connectivity index (χ2n) is 3.20. The van der Waals surface area contributed by atoms with Gasteiger partial charge in [-0.05, 0) is 6.92 Å². The van der Waals surface area contributed by atoms with E-state index >= 15 is 0 Å². The summed E-state index contributed by atoms with van der Waals surface area (Å²) >= 11 is 0. The summed E-state index contributed by atoms with van der Waals surface area (Å²) < 4.78 is 8.60. The zero-order chi connectivity index (χ0) is 10.6. The van der Waals surface area contributed by atoms with Crippen molar-refractivity contribution in [1.29, 1.82) is 0 Å². The highest BCUT2D eigenvalue weighted by atomic mass is 79.9. The molecular weight excluding hydrogens is 262 g/mol. The minimum absolute atomic E-state index is 0. The first-order valence-corrected chi connectivity index (χ1v) is 4.45. The zero-order valence-electron chi connectivity index (χ0n) is 9.11. The maximum atomic E-state index is 11.4. The molecule has 0 aliphatic rings. The van der Waals surface area contributed by atoms with Crippen LogP contribution in [0, 0.1) is 0 Å². The number of aromatic nitrogens is 2. The molecule has 5 nitrogen and oxygen atoms in total. The Kier molecular flexibility index (Phi) is 6.19. The summed E-state index contributed by atoms with van der Waals surface area (Å²) in [5, 5.41) is 2.70. The maximum Gasteiger partial charge on any atom is 0.264 e. The highest BCUT2D eigenvalue weighted by Gasteiger charge is 2.09. The van der Waals surface area contributed by atoms with E-state index in [4.69, 9.17) is 4.74 Å². The van der Waals surface area contributed by atoms with Crippen LogP contribution >= 0.6 is 0 Å². The molecule has 0 aliphatic carbocycles. The van der Waals surface area contributed by atoms with Crippen molar-refractivity contribution in [2.24, 2.45) is 7.05 Å². The van der Waals surface area contributed by atoms with Crippen molar-refractivity contribution in [3.05, 3.63) is 18.7 Å². The zero-order valence-corrected chi connectivity index (χ0v) is 10.7. The number of nitrogens with zero attached hydrogens (tertiary/aromatic N) is 2. The van der Waals surface area contributed by atoms with Gasteiger partial charge in [-0.25, -0.2) is 9.13 Å². The van der Waals surface area contributed by atoms with E-state index in [-0.39, 0.29) is 29.1 Å². The van der Waals surface area contributed by atoms with Gasteiger partial charge in [0.15, 0.2) is 6.54 Å². The molecule has 0 aliphatic heterocycles. The Morgan fingerprint density at radius 1 is 1.67 bits per heavy atom. The van der Waals surface area contributed by atoms with Crippen LogP contribution in [0.25, 0.3) is 0 Å². The minimum atomic E-state index is -0.244. The number of hydrogen-bond donors (Lipinski definition) is 1. The Morgan fingerprint density at radius 3 is 2.80 bits per heavy atom. The molecule has 86 valence electrons. The second-order valence-corrected chi connectivity index (χ2v) is 3.20. The van der Waals surface area contributed by atoms with Gasteiger partial charge in [-0.3, -0.25) is 4.79 Å². The summed E-state index contributed by atoms with van der Waals surface area (Å²) in [6, 6.07) is 0. The van der Waals surface area contributed by atoms with Crippen molar-refractivity contribution in [3.8, 4) is 0 Å². The first-order valence-electron chi connectivity index (χ1n) is 4.45. The number of carbonyl (C=O) groups excluding carboxylic acids is 1. The van der Waals surface area contributed by atoms with Gasteiger partial charge in [0, 0.05) is 7.11 Å². The van der Waals surface area contributed by atoms with Gasteiger partial charge in [0.05, 0.1) is 7.05 Å². The molecule has 15 heavy (non-hydrogen) atoms. The lowest BCUT2D eigenvalue weighted by molar-refractivity contribution is -0.671. The highest BCUT2D eigenvalue weighted by Crippen LogP contribution is 1.86. The van der Waals surface area contributed by atoms with Crippen LogP contribution in [0.4, 0.5) is 0 Å². The molecule has 1 aromatic heterocycles. The van der Waals surface area contributed by atoms with Crippen LogP contribution in [0.5, 0.6) is 0 Å². The van der Waals surface area contributed by atoms with Gasteiger partial charge in [0.2, 0.25) is 6.33 Å². The number of aryl methyl sites for hydroxylation is 1. The number of imidazole rings is 1. The number of halogens is 1. The van der Waals surface area contributed by atoms with Gasteiger partial charge >= 0.3 is 0 Å². The molecule has 1 heterocycles. The summed E-state index contributed by atoms with van der Waals surface area (Å²) in [6.45, 7) is 2.10. The van der Waals surface area contributed by atoms with Crippen LogP contribution in [-0.2, 0) is 23.1 Å². The molecule has 0 bridgehead atoms. The first kappa shape index (κ1) is 14.1. The number of ether oxygens (including phenoxy) is 1. The van der Waals surface area contributed by atoms with Crippen LogP contribution in [0.3, 0.4) is 0 Å². The molecule has 1 N–H and O–H groups in total. The number of amides is 1. The molecule has 1 unspecified atom stereocenters. The Labute approximate surface area is 99.8 Å². The molecule has 1 atom stereocenters. The van der Waals surface area contributed by atoms with Gasteiger partial charge in [0.25, 0.3) is 5.91 Å². The summed E-state index contributed by atoms with van der Waals surface area (Å²) in [5.74, 6) is -0.0597. The smallest absolute Gasteiger partial charge is 0.264 e. The van der Waals surface area contributed by atoms with Gasteiger partial charge < -0.3 is 27.0 Å². The SMILES string of the molecule is COC(C)NC(=O)Cn1cc[n+](C)c1.[Br-]. The predicted octanol–water partition coefficient (Wildman–Crippen LogP) is -3.57. The third kappa shape index (κ3) is 4.94. The molecule has 0 saturated heterocycles. The highest BCUT2D eigenvalue weighted by molar-refractivity contribution is 5.75. The monoisotopic (exact) mass is 277 g/mol. The van der Waals surface area contributed by atoms with E-state index < -0.39 is 0 Å². The fourth-order valence-electron chi connectivity index (χ4n) is 1.09. The molecule has 0 saturated carbocycles. The Morgan fingerprint density at radius 2 is 2.33 bits per heavy atom. The van der Waals surface area contributed by atoms with E-state index in [1.807, 2.05) is 30.3 Å².